The monoisotopic (exact) mass is 191 g/mol. The van der Waals surface area contributed by atoms with E-state index in [0.717, 1.165) is 25.2 Å². The fourth-order valence-electron chi connectivity index (χ4n) is 1.39. The predicted molar refractivity (Wildman–Crippen MR) is 59.6 cm³/mol. The van der Waals surface area contributed by atoms with E-state index in [1.807, 2.05) is 12.1 Å². The van der Waals surface area contributed by atoms with Crippen molar-refractivity contribution < 1.29 is 4.74 Å². The van der Waals surface area contributed by atoms with Crippen LogP contribution in [-0.2, 0) is 6.42 Å². The molecule has 0 amide bonds. The lowest BCUT2D eigenvalue weighted by molar-refractivity contribution is 0.317. The van der Waals surface area contributed by atoms with E-state index < -0.39 is 0 Å². The summed E-state index contributed by atoms with van der Waals surface area (Å²) in [5.74, 6) is 1.63. The van der Waals surface area contributed by atoms with E-state index >= 15 is 0 Å². The minimum Gasteiger partial charge on any atom is -0.494 e. The molecular formula is C13H19O. The Bertz CT molecular complexity index is 266. The first-order valence-corrected chi connectivity index (χ1v) is 5.35. The Hall–Kier alpha value is -0.980. The van der Waals surface area contributed by atoms with Crippen molar-refractivity contribution in [3.05, 3.63) is 29.8 Å². The second kappa shape index (κ2) is 5.69. The SMILES string of the molecule is CCCOc1c[c]cc(CC(C)C)c1. The van der Waals surface area contributed by atoms with Crippen molar-refractivity contribution in [1.29, 1.82) is 0 Å². The molecule has 0 saturated carbocycles. The Morgan fingerprint density at radius 1 is 1.36 bits per heavy atom. The lowest BCUT2D eigenvalue weighted by atomic mass is 10.0. The van der Waals surface area contributed by atoms with Crippen LogP contribution in [0.2, 0.25) is 0 Å². The highest BCUT2D eigenvalue weighted by molar-refractivity contribution is 5.27. The van der Waals surface area contributed by atoms with Crippen LogP contribution >= 0.6 is 0 Å². The summed E-state index contributed by atoms with van der Waals surface area (Å²) < 4.78 is 5.55. The maximum atomic E-state index is 5.55. The Balaban J connectivity index is 2.59. The lowest BCUT2D eigenvalue weighted by Crippen LogP contribution is -1.97. The third-order valence-electron chi connectivity index (χ3n) is 1.94. The Labute approximate surface area is 87.1 Å². The first-order valence-electron chi connectivity index (χ1n) is 5.35. The van der Waals surface area contributed by atoms with Gasteiger partial charge < -0.3 is 4.74 Å². The van der Waals surface area contributed by atoms with Crippen molar-refractivity contribution >= 4 is 0 Å². The molecule has 0 aliphatic heterocycles. The highest BCUT2D eigenvalue weighted by Gasteiger charge is 1.99. The Kier molecular flexibility index (Phi) is 4.51. The molecule has 0 aliphatic rings. The van der Waals surface area contributed by atoms with E-state index in [-0.39, 0.29) is 0 Å². The van der Waals surface area contributed by atoms with Crippen LogP contribution in [0.25, 0.3) is 0 Å². The molecule has 0 fully saturated rings. The van der Waals surface area contributed by atoms with Gasteiger partial charge in [0, 0.05) is 0 Å². The van der Waals surface area contributed by atoms with Crippen molar-refractivity contribution in [2.24, 2.45) is 5.92 Å². The summed E-state index contributed by atoms with van der Waals surface area (Å²) >= 11 is 0. The van der Waals surface area contributed by atoms with Gasteiger partial charge in [-0.2, -0.15) is 0 Å². The molecule has 1 aromatic carbocycles. The first kappa shape index (κ1) is 11.1. The van der Waals surface area contributed by atoms with Gasteiger partial charge in [-0.3, -0.25) is 0 Å². The quantitative estimate of drug-likeness (QED) is 0.692. The molecule has 0 spiro atoms. The maximum Gasteiger partial charge on any atom is 0.120 e. The molecule has 1 radical (unpaired) electrons. The minimum atomic E-state index is 0.685. The number of hydrogen-bond donors (Lipinski definition) is 0. The fourth-order valence-corrected chi connectivity index (χ4v) is 1.39. The second-order valence-corrected chi connectivity index (χ2v) is 4.02. The van der Waals surface area contributed by atoms with Crippen LogP contribution in [0.5, 0.6) is 5.75 Å². The molecule has 0 bridgehead atoms. The predicted octanol–water partition coefficient (Wildman–Crippen LogP) is 3.47. The number of ether oxygens (including phenoxy) is 1. The summed E-state index contributed by atoms with van der Waals surface area (Å²) in [6, 6.07) is 9.18. The molecular weight excluding hydrogens is 172 g/mol. The zero-order chi connectivity index (χ0) is 10.4. The van der Waals surface area contributed by atoms with Crippen molar-refractivity contribution in [1.82, 2.24) is 0 Å². The average molecular weight is 191 g/mol. The van der Waals surface area contributed by atoms with Crippen LogP contribution < -0.4 is 4.74 Å². The zero-order valence-electron chi connectivity index (χ0n) is 9.34. The van der Waals surface area contributed by atoms with Crippen LogP contribution in [0.3, 0.4) is 0 Å². The highest BCUT2D eigenvalue weighted by atomic mass is 16.5. The molecule has 0 aromatic heterocycles. The molecule has 1 rings (SSSR count). The Morgan fingerprint density at radius 3 is 2.79 bits per heavy atom. The van der Waals surface area contributed by atoms with E-state index in [4.69, 9.17) is 4.74 Å². The van der Waals surface area contributed by atoms with Gasteiger partial charge in [0.15, 0.2) is 0 Å². The van der Waals surface area contributed by atoms with E-state index in [1.54, 1.807) is 0 Å². The summed E-state index contributed by atoms with van der Waals surface area (Å²) in [5, 5.41) is 0. The standard InChI is InChI=1S/C13H19O/c1-4-8-14-13-7-5-6-12(10-13)9-11(2)3/h6-7,10-11H,4,8-9H2,1-3H3. The van der Waals surface area contributed by atoms with Gasteiger partial charge in [0.05, 0.1) is 6.61 Å². The maximum absolute atomic E-state index is 5.55. The summed E-state index contributed by atoms with van der Waals surface area (Å²) in [6.45, 7) is 7.35. The molecule has 1 nitrogen and oxygen atoms in total. The molecule has 14 heavy (non-hydrogen) atoms. The highest BCUT2D eigenvalue weighted by Crippen LogP contribution is 2.15. The van der Waals surface area contributed by atoms with Gasteiger partial charge >= 0.3 is 0 Å². The summed E-state index contributed by atoms with van der Waals surface area (Å²) in [6.07, 6.45) is 2.15. The molecule has 0 heterocycles. The number of benzene rings is 1. The molecule has 77 valence electrons. The van der Waals surface area contributed by atoms with Gasteiger partial charge in [0.1, 0.15) is 5.75 Å². The van der Waals surface area contributed by atoms with Gasteiger partial charge in [0.25, 0.3) is 0 Å². The zero-order valence-corrected chi connectivity index (χ0v) is 9.34. The third kappa shape index (κ3) is 3.82. The van der Waals surface area contributed by atoms with Crippen molar-refractivity contribution in [3.63, 3.8) is 0 Å². The van der Waals surface area contributed by atoms with Crippen LogP contribution in [0.15, 0.2) is 18.2 Å². The molecule has 0 saturated heterocycles. The number of rotatable bonds is 5. The molecule has 1 heteroatoms. The summed E-state index contributed by atoms with van der Waals surface area (Å²) in [7, 11) is 0. The van der Waals surface area contributed by atoms with E-state index in [9.17, 15) is 0 Å². The molecule has 0 N–H and O–H groups in total. The van der Waals surface area contributed by atoms with Crippen LogP contribution in [0, 0.1) is 12.0 Å². The molecule has 1 aromatic rings. The van der Waals surface area contributed by atoms with Crippen molar-refractivity contribution in [3.8, 4) is 5.75 Å². The smallest absolute Gasteiger partial charge is 0.120 e. The third-order valence-corrected chi connectivity index (χ3v) is 1.94. The van der Waals surface area contributed by atoms with E-state index in [0.29, 0.717) is 5.92 Å². The van der Waals surface area contributed by atoms with Gasteiger partial charge in [-0.15, -0.1) is 0 Å². The minimum absolute atomic E-state index is 0.685. The molecule has 0 unspecified atom stereocenters. The van der Waals surface area contributed by atoms with Gasteiger partial charge in [-0.05, 0) is 42.5 Å². The van der Waals surface area contributed by atoms with Crippen LogP contribution in [0.4, 0.5) is 0 Å². The van der Waals surface area contributed by atoms with E-state index in [2.05, 4.69) is 32.9 Å². The summed E-state index contributed by atoms with van der Waals surface area (Å²) in [4.78, 5) is 0. The average Bonchev–Trinajstić information content (AvgIpc) is 2.14. The van der Waals surface area contributed by atoms with Gasteiger partial charge in [0.2, 0.25) is 0 Å². The van der Waals surface area contributed by atoms with Gasteiger partial charge in [-0.25, -0.2) is 0 Å². The second-order valence-electron chi connectivity index (χ2n) is 4.02. The number of hydrogen-bond acceptors (Lipinski definition) is 1. The lowest BCUT2D eigenvalue weighted by Gasteiger charge is -2.08. The Morgan fingerprint density at radius 2 is 2.14 bits per heavy atom. The summed E-state index contributed by atoms with van der Waals surface area (Å²) in [5.41, 5.74) is 1.31. The van der Waals surface area contributed by atoms with Crippen LogP contribution in [0.1, 0.15) is 32.8 Å². The molecule has 0 atom stereocenters. The fraction of sp³-hybridized carbons (Fsp3) is 0.538. The first-order chi connectivity index (χ1) is 6.72. The van der Waals surface area contributed by atoms with E-state index in [1.165, 1.54) is 5.56 Å². The van der Waals surface area contributed by atoms with Crippen molar-refractivity contribution in [2.45, 2.75) is 33.6 Å². The topological polar surface area (TPSA) is 9.23 Å². The van der Waals surface area contributed by atoms with Crippen LogP contribution in [-0.4, -0.2) is 6.61 Å². The van der Waals surface area contributed by atoms with Crippen molar-refractivity contribution in [2.75, 3.05) is 6.61 Å². The normalized spacial score (nSPS) is 10.6. The molecule has 0 aliphatic carbocycles. The largest absolute Gasteiger partial charge is 0.494 e. The van der Waals surface area contributed by atoms with Gasteiger partial charge in [-0.1, -0.05) is 26.8 Å².